The van der Waals surface area contributed by atoms with Gasteiger partial charge < -0.3 is 5.32 Å². The van der Waals surface area contributed by atoms with Crippen LogP contribution in [0.15, 0.2) is 17.6 Å². The number of amides is 1. The number of hydrogen-bond donors (Lipinski definition) is 1. The molecule has 1 N–H and O–H groups in total. The number of halogens is 2. The maximum absolute atomic E-state index is 13.2. The Morgan fingerprint density at radius 1 is 1.43 bits per heavy atom. The SMILES string of the molecule is Cc1ncsc1CNC(=O)c1cc(F)c(F)cc1[N+](=O)[O-]. The zero-order chi connectivity index (χ0) is 15.6. The number of thiazole rings is 1. The monoisotopic (exact) mass is 313 g/mol. The lowest BCUT2D eigenvalue weighted by molar-refractivity contribution is -0.385. The second kappa shape index (κ2) is 5.92. The van der Waals surface area contributed by atoms with Crippen molar-refractivity contribution in [2.75, 3.05) is 0 Å². The molecule has 1 aromatic heterocycles. The second-order valence-electron chi connectivity index (χ2n) is 4.08. The molecule has 6 nitrogen and oxygen atoms in total. The van der Waals surface area contributed by atoms with E-state index in [4.69, 9.17) is 0 Å². The molecule has 0 saturated heterocycles. The van der Waals surface area contributed by atoms with Crippen molar-refractivity contribution in [3.63, 3.8) is 0 Å². The summed E-state index contributed by atoms with van der Waals surface area (Å²) < 4.78 is 26.2. The van der Waals surface area contributed by atoms with Crippen molar-refractivity contribution in [1.82, 2.24) is 10.3 Å². The minimum atomic E-state index is -1.38. The summed E-state index contributed by atoms with van der Waals surface area (Å²) in [6.07, 6.45) is 0. The number of carbonyl (C=O) groups excluding carboxylic acids is 1. The molecule has 2 rings (SSSR count). The molecule has 21 heavy (non-hydrogen) atoms. The molecule has 0 unspecified atom stereocenters. The van der Waals surface area contributed by atoms with Crippen LogP contribution in [0.3, 0.4) is 0 Å². The normalized spacial score (nSPS) is 10.4. The molecular formula is C12H9F2N3O3S. The minimum absolute atomic E-state index is 0.103. The first-order valence-electron chi connectivity index (χ1n) is 5.70. The van der Waals surface area contributed by atoms with Gasteiger partial charge in [-0.15, -0.1) is 11.3 Å². The first-order chi connectivity index (χ1) is 9.90. The van der Waals surface area contributed by atoms with Crippen molar-refractivity contribution in [2.45, 2.75) is 13.5 Å². The van der Waals surface area contributed by atoms with Crippen LogP contribution in [-0.4, -0.2) is 15.8 Å². The number of hydrogen-bond acceptors (Lipinski definition) is 5. The van der Waals surface area contributed by atoms with Crippen LogP contribution >= 0.6 is 11.3 Å². The number of nitrogens with zero attached hydrogens (tertiary/aromatic N) is 2. The Bertz CT molecular complexity index is 718. The number of nitrogens with one attached hydrogen (secondary N) is 1. The molecule has 1 aromatic carbocycles. The Morgan fingerprint density at radius 2 is 2.10 bits per heavy atom. The molecule has 0 aliphatic rings. The third-order valence-corrected chi connectivity index (χ3v) is 3.67. The Balaban J connectivity index is 2.24. The van der Waals surface area contributed by atoms with Gasteiger partial charge in [0.2, 0.25) is 0 Å². The summed E-state index contributed by atoms with van der Waals surface area (Å²) in [4.78, 5) is 26.5. The van der Waals surface area contributed by atoms with E-state index in [1.165, 1.54) is 11.3 Å². The topological polar surface area (TPSA) is 85.1 Å². The average molecular weight is 313 g/mol. The summed E-state index contributed by atoms with van der Waals surface area (Å²) >= 11 is 1.31. The van der Waals surface area contributed by atoms with E-state index in [1.54, 1.807) is 12.4 Å². The fourth-order valence-corrected chi connectivity index (χ4v) is 2.34. The smallest absolute Gasteiger partial charge is 0.285 e. The first kappa shape index (κ1) is 15.0. The summed E-state index contributed by atoms with van der Waals surface area (Å²) in [5, 5.41) is 13.2. The van der Waals surface area contributed by atoms with E-state index in [0.717, 1.165) is 10.6 Å². The molecule has 2 aromatic rings. The first-order valence-corrected chi connectivity index (χ1v) is 6.58. The molecule has 0 fully saturated rings. The van der Waals surface area contributed by atoms with Crippen molar-refractivity contribution in [1.29, 1.82) is 0 Å². The largest absolute Gasteiger partial charge is 0.347 e. The molecule has 1 amide bonds. The van der Waals surface area contributed by atoms with Gasteiger partial charge in [-0.2, -0.15) is 0 Å². The lowest BCUT2D eigenvalue weighted by atomic mass is 10.1. The van der Waals surface area contributed by atoms with Gasteiger partial charge >= 0.3 is 0 Å². The third-order valence-electron chi connectivity index (χ3n) is 2.73. The molecule has 0 atom stereocenters. The maximum Gasteiger partial charge on any atom is 0.285 e. The molecule has 9 heteroatoms. The lowest BCUT2D eigenvalue weighted by Gasteiger charge is -2.06. The molecular weight excluding hydrogens is 304 g/mol. The van der Waals surface area contributed by atoms with Gasteiger partial charge in [-0.25, -0.2) is 13.8 Å². The third kappa shape index (κ3) is 3.19. The fraction of sp³-hybridized carbons (Fsp3) is 0.167. The summed E-state index contributed by atoms with van der Waals surface area (Å²) in [7, 11) is 0. The number of carbonyl (C=O) groups is 1. The van der Waals surface area contributed by atoms with E-state index < -0.39 is 33.7 Å². The van der Waals surface area contributed by atoms with Crippen molar-refractivity contribution >= 4 is 22.9 Å². The van der Waals surface area contributed by atoms with Crippen LogP contribution in [0.25, 0.3) is 0 Å². The molecule has 110 valence electrons. The lowest BCUT2D eigenvalue weighted by Crippen LogP contribution is -2.24. The van der Waals surface area contributed by atoms with Crippen LogP contribution in [0.2, 0.25) is 0 Å². The number of aryl methyl sites for hydroxylation is 1. The molecule has 0 radical (unpaired) electrons. The molecule has 1 heterocycles. The van der Waals surface area contributed by atoms with Crippen LogP contribution in [0.5, 0.6) is 0 Å². The predicted molar refractivity (Wildman–Crippen MR) is 71.0 cm³/mol. The highest BCUT2D eigenvalue weighted by atomic mass is 32.1. The molecule has 0 bridgehead atoms. The molecule has 0 spiro atoms. The quantitative estimate of drug-likeness (QED) is 0.694. The van der Waals surface area contributed by atoms with Gasteiger partial charge in [-0.1, -0.05) is 0 Å². The second-order valence-corrected chi connectivity index (χ2v) is 5.02. The number of nitro benzene ring substituents is 1. The summed E-state index contributed by atoms with van der Waals surface area (Å²) in [5.74, 6) is -3.55. The van der Waals surface area contributed by atoms with Crippen LogP contribution < -0.4 is 5.32 Å². The van der Waals surface area contributed by atoms with Crippen LogP contribution in [-0.2, 0) is 6.54 Å². The average Bonchev–Trinajstić information content (AvgIpc) is 2.84. The van der Waals surface area contributed by atoms with Crippen molar-refractivity contribution < 1.29 is 18.5 Å². The maximum atomic E-state index is 13.2. The van der Waals surface area contributed by atoms with Crippen molar-refractivity contribution in [2.24, 2.45) is 0 Å². The minimum Gasteiger partial charge on any atom is -0.347 e. The van der Waals surface area contributed by atoms with E-state index in [1.807, 2.05) is 0 Å². The Hall–Kier alpha value is -2.42. The molecule has 0 saturated carbocycles. The van der Waals surface area contributed by atoms with Gasteiger partial charge in [0.15, 0.2) is 11.6 Å². The van der Waals surface area contributed by atoms with Gasteiger partial charge in [0.1, 0.15) is 5.56 Å². The highest BCUT2D eigenvalue weighted by Gasteiger charge is 2.23. The predicted octanol–water partition coefficient (Wildman–Crippen LogP) is 2.57. The summed E-state index contributed by atoms with van der Waals surface area (Å²) in [6, 6.07) is 0.907. The van der Waals surface area contributed by atoms with Gasteiger partial charge in [0, 0.05) is 4.88 Å². The molecule has 0 aliphatic carbocycles. The Kier molecular flexibility index (Phi) is 4.22. The number of nitro groups is 1. The van der Waals surface area contributed by atoms with Gasteiger partial charge in [-0.05, 0) is 13.0 Å². The van der Waals surface area contributed by atoms with E-state index in [9.17, 15) is 23.7 Å². The zero-order valence-electron chi connectivity index (χ0n) is 10.7. The van der Waals surface area contributed by atoms with E-state index in [2.05, 4.69) is 10.3 Å². The van der Waals surface area contributed by atoms with Crippen LogP contribution in [0.1, 0.15) is 20.9 Å². The zero-order valence-corrected chi connectivity index (χ0v) is 11.5. The van der Waals surface area contributed by atoms with Gasteiger partial charge in [0.25, 0.3) is 11.6 Å². The van der Waals surface area contributed by atoms with Crippen LogP contribution in [0.4, 0.5) is 14.5 Å². The standard InChI is InChI=1S/C12H9F2N3O3S/c1-6-11(21-5-16-6)4-15-12(18)7-2-8(13)9(14)3-10(7)17(19)20/h2-3,5H,4H2,1H3,(H,15,18). The van der Waals surface area contributed by atoms with Gasteiger partial charge in [0.05, 0.1) is 28.7 Å². The summed E-state index contributed by atoms with van der Waals surface area (Å²) in [6.45, 7) is 1.85. The van der Waals surface area contributed by atoms with E-state index >= 15 is 0 Å². The van der Waals surface area contributed by atoms with Crippen LogP contribution in [0, 0.1) is 28.7 Å². The van der Waals surface area contributed by atoms with E-state index in [0.29, 0.717) is 12.1 Å². The Labute approximate surface area is 121 Å². The number of benzene rings is 1. The Morgan fingerprint density at radius 3 is 2.67 bits per heavy atom. The highest BCUT2D eigenvalue weighted by molar-refractivity contribution is 7.09. The van der Waals surface area contributed by atoms with E-state index in [-0.39, 0.29) is 6.54 Å². The molecule has 0 aliphatic heterocycles. The van der Waals surface area contributed by atoms with Gasteiger partial charge in [-0.3, -0.25) is 14.9 Å². The number of rotatable bonds is 4. The van der Waals surface area contributed by atoms with Crippen molar-refractivity contribution in [3.05, 3.63) is 55.5 Å². The number of aromatic nitrogens is 1. The van der Waals surface area contributed by atoms with Crippen molar-refractivity contribution in [3.8, 4) is 0 Å². The summed E-state index contributed by atoms with van der Waals surface area (Å²) in [5.41, 5.74) is 1.00. The fourth-order valence-electron chi connectivity index (χ4n) is 1.62. The highest BCUT2D eigenvalue weighted by Crippen LogP contribution is 2.22.